The largest absolute Gasteiger partial charge is 0.497 e. The Morgan fingerprint density at radius 2 is 1.50 bits per heavy atom. The number of nitrogens with one attached hydrogen (secondary N) is 1. The van der Waals surface area contributed by atoms with E-state index in [9.17, 15) is 18.0 Å². The highest BCUT2D eigenvalue weighted by molar-refractivity contribution is 7.92. The zero-order valence-corrected chi connectivity index (χ0v) is 26.3. The van der Waals surface area contributed by atoms with Crippen molar-refractivity contribution in [1.29, 1.82) is 0 Å². The van der Waals surface area contributed by atoms with E-state index in [2.05, 4.69) is 5.32 Å². The number of amides is 2. The topological polar surface area (TPSA) is 96.0 Å². The second-order valence-corrected chi connectivity index (χ2v) is 12.5. The minimum atomic E-state index is -4.12. The van der Waals surface area contributed by atoms with Crippen LogP contribution < -0.4 is 14.4 Å². The third-order valence-electron chi connectivity index (χ3n) is 7.11. The van der Waals surface area contributed by atoms with Crippen molar-refractivity contribution >= 4 is 27.5 Å². The van der Waals surface area contributed by atoms with E-state index in [-0.39, 0.29) is 17.3 Å². The summed E-state index contributed by atoms with van der Waals surface area (Å²) in [6.45, 7) is 9.73. The van der Waals surface area contributed by atoms with Gasteiger partial charge in [0.15, 0.2) is 0 Å². The number of ether oxygens (including phenoxy) is 1. The van der Waals surface area contributed by atoms with Crippen molar-refractivity contribution in [3.05, 3.63) is 89.0 Å². The van der Waals surface area contributed by atoms with Gasteiger partial charge in [0.1, 0.15) is 18.3 Å². The average molecular weight is 594 g/mol. The van der Waals surface area contributed by atoms with E-state index in [1.807, 2.05) is 52.8 Å². The fourth-order valence-electron chi connectivity index (χ4n) is 4.81. The summed E-state index contributed by atoms with van der Waals surface area (Å²) in [5, 5.41) is 2.95. The van der Waals surface area contributed by atoms with Gasteiger partial charge in [-0.3, -0.25) is 13.9 Å². The van der Waals surface area contributed by atoms with E-state index in [0.29, 0.717) is 24.4 Å². The van der Waals surface area contributed by atoms with Crippen LogP contribution in [-0.2, 0) is 26.2 Å². The fraction of sp³-hybridized carbons (Fsp3) is 0.394. The molecule has 0 radical (unpaired) electrons. The van der Waals surface area contributed by atoms with Crippen LogP contribution in [0.4, 0.5) is 5.69 Å². The Morgan fingerprint density at radius 3 is 2.05 bits per heavy atom. The number of carbonyl (C=O) groups is 2. The van der Waals surface area contributed by atoms with Crippen LogP contribution in [0.25, 0.3) is 0 Å². The molecule has 3 rings (SSSR count). The molecular weight excluding hydrogens is 550 g/mol. The predicted octanol–water partition coefficient (Wildman–Crippen LogP) is 5.54. The zero-order chi connectivity index (χ0) is 30.9. The predicted molar refractivity (Wildman–Crippen MR) is 167 cm³/mol. The molecule has 0 saturated heterocycles. The molecule has 0 aliphatic heterocycles. The Bertz CT molecular complexity index is 1430. The van der Waals surface area contributed by atoms with Crippen LogP contribution in [-0.4, -0.2) is 51.4 Å². The van der Waals surface area contributed by atoms with Crippen molar-refractivity contribution in [1.82, 2.24) is 10.2 Å². The van der Waals surface area contributed by atoms with Gasteiger partial charge in [-0.25, -0.2) is 8.42 Å². The molecule has 42 heavy (non-hydrogen) atoms. The molecule has 0 aliphatic carbocycles. The molecular formula is C33H43N3O5S. The van der Waals surface area contributed by atoms with Gasteiger partial charge in [0.2, 0.25) is 11.8 Å². The summed E-state index contributed by atoms with van der Waals surface area (Å²) in [5.74, 6) is -0.0588. The highest BCUT2D eigenvalue weighted by Crippen LogP contribution is 2.27. The molecule has 3 aromatic carbocycles. The van der Waals surface area contributed by atoms with E-state index < -0.39 is 28.5 Å². The minimum absolute atomic E-state index is 0.0890. The summed E-state index contributed by atoms with van der Waals surface area (Å²) in [5.41, 5.74) is 3.86. The molecule has 0 fully saturated rings. The maximum absolute atomic E-state index is 14.2. The lowest BCUT2D eigenvalue weighted by atomic mass is 10.1. The van der Waals surface area contributed by atoms with Gasteiger partial charge in [-0.1, -0.05) is 56.2 Å². The molecule has 2 amide bonds. The SMILES string of the molecule is CCCCNC(=O)[C@@H](CC)N(Cc1ccc(OC)cc1)C(=O)CN(c1cc(C)cc(C)c1)S(=O)(=O)c1ccc(C)cc1. The highest BCUT2D eigenvalue weighted by Gasteiger charge is 2.33. The normalized spacial score (nSPS) is 12.0. The van der Waals surface area contributed by atoms with E-state index in [1.165, 1.54) is 4.90 Å². The lowest BCUT2D eigenvalue weighted by molar-refractivity contribution is -0.140. The quantitative estimate of drug-likeness (QED) is 0.248. The van der Waals surface area contributed by atoms with Crippen molar-refractivity contribution in [3.63, 3.8) is 0 Å². The number of nitrogens with zero attached hydrogens (tertiary/aromatic N) is 2. The summed E-state index contributed by atoms with van der Waals surface area (Å²) in [6.07, 6.45) is 2.12. The first-order valence-electron chi connectivity index (χ1n) is 14.4. The van der Waals surface area contributed by atoms with Crippen molar-refractivity contribution < 1.29 is 22.7 Å². The van der Waals surface area contributed by atoms with Crippen LogP contribution in [0.5, 0.6) is 5.75 Å². The van der Waals surface area contributed by atoms with E-state index in [4.69, 9.17) is 4.74 Å². The smallest absolute Gasteiger partial charge is 0.264 e. The second-order valence-electron chi connectivity index (χ2n) is 10.6. The lowest BCUT2D eigenvalue weighted by Gasteiger charge is -2.33. The maximum Gasteiger partial charge on any atom is 0.264 e. The standard InChI is InChI=1S/C33H43N3O5S/c1-7-9-18-34-33(38)31(8-2)35(22-27-12-14-29(41-6)15-13-27)32(37)23-36(28-20-25(4)19-26(5)21-28)42(39,40)30-16-10-24(3)11-17-30/h10-17,19-21,31H,7-9,18,22-23H2,1-6H3,(H,34,38)/t31-/m1/s1. The Hall–Kier alpha value is -3.85. The molecule has 0 saturated carbocycles. The van der Waals surface area contributed by atoms with Crippen molar-refractivity contribution in [3.8, 4) is 5.75 Å². The molecule has 226 valence electrons. The van der Waals surface area contributed by atoms with Crippen LogP contribution in [0, 0.1) is 20.8 Å². The number of rotatable bonds is 14. The Labute approximate surface area is 250 Å². The minimum Gasteiger partial charge on any atom is -0.497 e. The number of unbranched alkanes of at least 4 members (excludes halogenated alkanes) is 1. The van der Waals surface area contributed by atoms with E-state index in [1.54, 1.807) is 55.6 Å². The Balaban J connectivity index is 2.06. The average Bonchev–Trinajstić information content (AvgIpc) is 2.95. The first-order chi connectivity index (χ1) is 20.0. The molecule has 3 aromatic rings. The molecule has 0 aliphatic rings. The van der Waals surface area contributed by atoms with Gasteiger partial charge in [0, 0.05) is 13.1 Å². The summed E-state index contributed by atoms with van der Waals surface area (Å²) >= 11 is 0. The molecule has 8 nitrogen and oxygen atoms in total. The molecule has 0 bridgehead atoms. The number of benzene rings is 3. The molecule has 0 aromatic heterocycles. The number of sulfonamides is 1. The number of hydrogen-bond donors (Lipinski definition) is 1. The molecule has 0 heterocycles. The van der Waals surface area contributed by atoms with Crippen LogP contribution in [0.3, 0.4) is 0 Å². The lowest BCUT2D eigenvalue weighted by Crippen LogP contribution is -2.52. The molecule has 0 unspecified atom stereocenters. The Morgan fingerprint density at radius 1 is 0.881 bits per heavy atom. The highest BCUT2D eigenvalue weighted by atomic mass is 32.2. The summed E-state index contributed by atoms with van der Waals surface area (Å²) in [6, 6.07) is 18.5. The van der Waals surface area contributed by atoms with Crippen LogP contribution in [0.1, 0.15) is 55.4 Å². The van der Waals surface area contributed by atoms with Gasteiger partial charge >= 0.3 is 0 Å². The van der Waals surface area contributed by atoms with Crippen LogP contribution >= 0.6 is 0 Å². The summed E-state index contributed by atoms with van der Waals surface area (Å²) in [7, 11) is -2.54. The van der Waals surface area contributed by atoms with Crippen LogP contribution in [0.2, 0.25) is 0 Å². The summed E-state index contributed by atoms with van der Waals surface area (Å²) < 4.78 is 34.6. The third-order valence-corrected chi connectivity index (χ3v) is 8.90. The van der Waals surface area contributed by atoms with Crippen molar-refractivity contribution in [2.24, 2.45) is 0 Å². The van der Waals surface area contributed by atoms with Gasteiger partial charge in [0.25, 0.3) is 10.0 Å². The molecule has 1 N–H and O–H groups in total. The number of carbonyl (C=O) groups excluding carboxylic acids is 2. The van der Waals surface area contributed by atoms with Crippen molar-refractivity contribution in [2.75, 3.05) is 24.5 Å². The number of anilines is 1. The van der Waals surface area contributed by atoms with E-state index >= 15 is 0 Å². The molecule has 0 spiro atoms. The van der Waals surface area contributed by atoms with Gasteiger partial charge < -0.3 is 15.0 Å². The third kappa shape index (κ3) is 8.35. The van der Waals surface area contributed by atoms with E-state index in [0.717, 1.165) is 39.4 Å². The van der Waals surface area contributed by atoms with Crippen LogP contribution in [0.15, 0.2) is 71.6 Å². The molecule has 9 heteroatoms. The Kier molecular flexibility index (Phi) is 11.6. The van der Waals surface area contributed by atoms with Gasteiger partial charge in [-0.15, -0.1) is 0 Å². The number of aryl methyl sites for hydroxylation is 3. The fourth-order valence-corrected chi connectivity index (χ4v) is 6.21. The van der Waals surface area contributed by atoms with Gasteiger partial charge in [-0.05, 0) is 86.7 Å². The zero-order valence-electron chi connectivity index (χ0n) is 25.5. The maximum atomic E-state index is 14.2. The molecule has 1 atom stereocenters. The van der Waals surface area contributed by atoms with Gasteiger partial charge in [-0.2, -0.15) is 0 Å². The van der Waals surface area contributed by atoms with Crippen molar-refractivity contribution in [2.45, 2.75) is 71.4 Å². The second kappa shape index (κ2) is 14.9. The number of methoxy groups -OCH3 is 1. The summed E-state index contributed by atoms with van der Waals surface area (Å²) in [4.78, 5) is 29.1. The number of hydrogen-bond acceptors (Lipinski definition) is 5. The monoisotopic (exact) mass is 593 g/mol. The van der Waals surface area contributed by atoms with Gasteiger partial charge in [0.05, 0.1) is 17.7 Å². The first kappa shape index (κ1) is 32.7. The first-order valence-corrected chi connectivity index (χ1v) is 15.8.